The average Bonchev–Trinajstić information content (AvgIpc) is 2.78. The van der Waals surface area contributed by atoms with E-state index in [1.807, 2.05) is 6.92 Å². The molecule has 1 aliphatic rings. The van der Waals surface area contributed by atoms with Crippen LogP contribution >= 0.6 is 11.6 Å². The third-order valence-electron chi connectivity index (χ3n) is 3.05. The first-order chi connectivity index (χ1) is 8.16. The molecule has 17 heavy (non-hydrogen) atoms. The molecule has 1 N–H and O–H groups in total. The topological polar surface area (TPSA) is 38.3 Å². The van der Waals surface area contributed by atoms with E-state index < -0.39 is 0 Å². The monoisotopic (exact) mass is 253 g/mol. The van der Waals surface area contributed by atoms with Crippen LogP contribution in [0.5, 0.6) is 0 Å². The number of carbonyl (C=O) groups excluding carboxylic acids is 1. The van der Waals surface area contributed by atoms with Crippen molar-refractivity contribution in [2.45, 2.75) is 38.7 Å². The zero-order valence-corrected chi connectivity index (χ0v) is 10.6. The molecule has 0 atom stereocenters. The van der Waals surface area contributed by atoms with Gasteiger partial charge in [0.2, 0.25) is 0 Å². The van der Waals surface area contributed by atoms with Gasteiger partial charge in [-0.3, -0.25) is 9.63 Å². The summed E-state index contributed by atoms with van der Waals surface area (Å²) in [5, 5.41) is 0.635. The molecule has 1 saturated carbocycles. The van der Waals surface area contributed by atoms with Gasteiger partial charge in [0, 0.05) is 10.6 Å². The van der Waals surface area contributed by atoms with Crippen LogP contribution in [0.1, 0.15) is 41.6 Å². The van der Waals surface area contributed by atoms with E-state index in [1.54, 1.807) is 18.2 Å². The molecule has 1 aliphatic carbocycles. The average molecular weight is 254 g/mol. The van der Waals surface area contributed by atoms with Crippen LogP contribution in [0.15, 0.2) is 18.2 Å². The third kappa shape index (κ3) is 3.20. The van der Waals surface area contributed by atoms with Crippen molar-refractivity contribution in [3.8, 4) is 0 Å². The highest BCUT2D eigenvalue weighted by molar-refractivity contribution is 6.30. The maximum atomic E-state index is 11.9. The van der Waals surface area contributed by atoms with Crippen molar-refractivity contribution >= 4 is 17.5 Å². The predicted octanol–water partition coefficient (Wildman–Crippen LogP) is 3.25. The van der Waals surface area contributed by atoms with Gasteiger partial charge < -0.3 is 0 Å². The Bertz CT molecular complexity index is 414. The van der Waals surface area contributed by atoms with E-state index in [0.717, 1.165) is 18.4 Å². The molecule has 0 aromatic heterocycles. The molecule has 1 aromatic rings. The molecule has 0 bridgehead atoms. The largest absolute Gasteiger partial charge is 0.275 e. The van der Waals surface area contributed by atoms with Crippen molar-refractivity contribution in [1.29, 1.82) is 0 Å². The van der Waals surface area contributed by atoms with Crippen molar-refractivity contribution in [2.24, 2.45) is 0 Å². The lowest BCUT2D eigenvalue weighted by atomic mass is 10.1. The normalized spacial score (nSPS) is 16.1. The van der Waals surface area contributed by atoms with Gasteiger partial charge in [0.1, 0.15) is 0 Å². The first-order valence-electron chi connectivity index (χ1n) is 5.89. The number of aryl methyl sites for hydroxylation is 1. The Morgan fingerprint density at radius 2 is 2.12 bits per heavy atom. The summed E-state index contributed by atoms with van der Waals surface area (Å²) in [4.78, 5) is 17.2. The second-order valence-corrected chi connectivity index (χ2v) is 4.85. The maximum Gasteiger partial charge on any atom is 0.275 e. The minimum atomic E-state index is -0.203. The van der Waals surface area contributed by atoms with Crippen LogP contribution in [0.25, 0.3) is 0 Å². The van der Waals surface area contributed by atoms with E-state index >= 15 is 0 Å². The minimum Gasteiger partial charge on any atom is -0.270 e. The summed E-state index contributed by atoms with van der Waals surface area (Å²) in [5.74, 6) is -0.203. The molecule has 0 saturated heterocycles. The molecule has 0 heterocycles. The fourth-order valence-corrected chi connectivity index (χ4v) is 2.31. The molecule has 4 heteroatoms. The molecule has 2 rings (SSSR count). The van der Waals surface area contributed by atoms with Gasteiger partial charge >= 0.3 is 0 Å². The molecular weight excluding hydrogens is 238 g/mol. The zero-order valence-electron chi connectivity index (χ0n) is 9.83. The van der Waals surface area contributed by atoms with Crippen LogP contribution in [0.4, 0.5) is 0 Å². The van der Waals surface area contributed by atoms with Crippen molar-refractivity contribution < 1.29 is 9.63 Å². The van der Waals surface area contributed by atoms with Crippen LogP contribution in [0, 0.1) is 6.92 Å². The lowest BCUT2D eigenvalue weighted by molar-refractivity contribution is -0.0125. The number of nitrogens with one attached hydrogen (secondary N) is 1. The second-order valence-electron chi connectivity index (χ2n) is 4.41. The highest BCUT2D eigenvalue weighted by atomic mass is 35.5. The summed E-state index contributed by atoms with van der Waals surface area (Å²) >= 11 is 5.84. The number of hydrogen-bond acceptors (Lipinski definition) is 2. The Morgan fingerprint density at radius 3 is 2.76 bits per heavy atom. The molecule has 1 aromatic carbocycles. The zero-order chi connectivity index (χ0) is 12.3. The first-order valence-corrected chi connectivity index (χ1v) is 6.27. The summed E-state index contributed by atoms with van der Waals surface area (Å²) in [7, 11) is 0. The van der Waals surface area contributed by atoms with E-state index in [-0.39, 0.29) is 12.0 Å². The molecule has 0 unspecified atom stereocenters. The fraction of sp³-hybridized carbons (Fsp3) is 0.462. The molecule has 0 aliphatic heterocycles. The number of benzene rings is 1. The Labute approximate surface area is 106 Å². The lowest BCUT2D eigenvalue weighted by Gasteiger charge is -2.12. The van der Waals surface area contributed by atoms with Crippen LogP contribution in [-0.2, 0) is 4.84 Å². The van der Waals surface area contributed by atoms with Crippen molar-refractivity contribution in [2.75, 3.05) is 0 Å². The van der Waals surface area contributed by atoms with Crippen molar-refractivity contribution in [3.63, 3.8) is 0 Å². The maximum absolute atomic E-state index is 11.9. The SMILES string of the molecule is Cc1cc(Cl)ccc1C(=O)NOC1CCCC1. The summed E-state index contributed by atoms with van der Waals surface area (Å²) < 4.78 is 0. The van der Waals surface area contributed by atoms with Gasteiger partial charge in [-0.05, 0) is 43.5 Å². The Kier molecular flexibility index (Phi) is 4.02. The van der Waals surface area contributed by atoms with Gasteiger partial charge in [-0.25, -0.2) is 5.48 Å². The van der Waals surface area contributed by atoms with Crippen molar-refractivity contribution in [1.82, 2.24) is 5.48 Å². The number of amides is 1. The van der Waals surface area contributed by atoms with E-state index in [4.69, 9.17) is 16.4 Å². The molecular formula is C13H16ClNO2. The van der Waals surface area contributed by atoms with Crippen LogP contribution in [0.2, 0.25) is 5.02 Å². The van der Waals surface area contributed by atoms with Gasteiger partial charge in [-0.1, -0.05) is 24.4 Å². The summed E-state index contributed by atoms with van der Waals surface area (Å²) in [6, 6.07) is 5.19. The standard InChI is InChI=1S/C13H16ClNO2/c1-9-8-10(14)6-7-12(9)13(16)15-17-11-4-2-3-5-11/h6-8,11H,2-5H2,1H3,(H,15,16). The number of rotatable bonds is 3. The van der Waals surface area contributed by atoms with Gasteiger partial charge in [0.05, 0.1) is 6.10 Å². The molecule has 92 valence electrons. The second kappa shape index (κ2) is 5.52. The Hall–Kier alpha value is -1.06. The number of hydroxylamine groups is 1. The van der Waals surface area contributed by atoms with E-state index in [2.05, 4.69) is 5.48 Å². The van der Waals surface area contributed by atoms with Gasteiger partial charge in [0.15, 0.2) is 0 Å². The van der Waals surface area contributed by atoms with Gasteiger partial charge in [0.25, 0.3) is 5.91 Å². The van der Waals surface area contributed by atoms with Crippen LogP contribution in [0.3, 0.4) is 0 Å². The van der Waals surface area contributed by atoms with E-state index in [0.29, 0.717) is 10.6 Å². The van der Waals surface area contributed by atoms with Crippen LogP contribution in [-0.4, -0.2) is 12.0 Å². The number of halogens is 1. The van der Waals surface area contributed by atoms with Crippen molar-refractivity contribution in [3.05, 3.63) is 34.3 Å². The molecule has 3 nitrogen and oxygen atoms in total. The minimum absolute atomic E-state index is 0.173. The van der Waals surface area contributed by atoms with Gasteiger partial charge in [-0.15, -0.1) is 0 Å². The number of carbonyl (C=O) groups is 1. The molecule has 1 fully saturated rings. The molecule has 0 radical (unpaired) electrons. The number of hydrogen-bond donors (Lipinski definition) is 1. The Balaban J connectivity index is 1.94. The summed E-state index contributed by atoms with van der Waals surface area (Å²) in [6.07, 6.45) is 4.59. The first kappa shape index (κ1) is 12.4. The molecule has 0 spiro atoms. The highest BCUT2D eigenvalue weighted by Crippen LogP contribution is 2.20. The molecule has 1 amide bonds. The lowest BCUT2D eigenvalue weighted by Crippen LogP contribution is -2.28. The smallest absolute Gasteiger partial charge is 0.270 e. The summed E-state index contributed by atoms with van der Waals surface area (Å²) in [5.41, 5.74) is 3.98. The van der Waals surface area contributed by atoms with E-state index in [1.165, 1.54) is 12.8 Å². The summed E-state index contributed by atoms with van der Waals surface area (Å²) in [6.45, 7) is 1.86. The highest BCUT2D eigenvalue weighted by Gasteiger charge is 2.17. The van der Waals surface area contributed by atoms with Gasteiger partial charge in [-0.2, -0.15) is 0 Å². The fourth-order valence-electron chi connectivity index (χ4n) is 2.08. The third-order valence-corrected chi connectivity index (χ3v) is 3.29. The predicted molar refractivity (Wildman–Crippen MR) is 67.0 cm³/mol. The van der Waals surface area contributed by atoms with E-state index in [9.17, 15) is 4.79 Å². The Morgan fingerprint density at radius 1 is 1.41 bits per heavy atom. The quantitative estimate of drug-likeness (QED) is 0.840. The van der Waals surface area contributed by atoms with Crippen LogP contribution < -0.4 is 5.48 Å².